The van der Waals surface area contributed by atoms with Crippen molar-refractivity contribution in [2.45, 2.75) is 13.0 Å². The Morgan fingerprint density at radius 3 is 2.45 bits per heavy atom. The molecule has 1 unspecified atom stereocenters. The van der Waals surface area contributed by atoms with Gasteiger partial charge in [0.25, 0.3) is 5.70 Å². The molecule has 2 amide bonds. The fourth-order valence-electron chi connectivity index (χ4n) is 2.33. The summed E-state index contributed by atoms with van der Waals surface area (Å²) in [6.45, 7) is 1.56. The van der Waals surface area contributed by atoms with Crippen molar-refractivity contribution in [3.05, 3.63) is 56.4 Å². The second-order valence-corrected chi connectivity index (χ2v) is 5.01. The van der Waals surface area contributed by atoms with Gasteiger partial charge in [0.15, 0.2) is 6.04 Å². The van der Waals surface area contributed by atoms with Crippen molar-refractivity contribution < 1.29 is 9.72 Å². The molecule has 106 valence electrons. The van der Waals surface area contributed by atoms with Crippen LogP contribution in [-0.2, 0) is 0 Å². The Morgan fingerprint density at radius 2 is 1.90 bits per heavy atom. The molecule has 1 aromatic rings. The highest BCUT2D eigenvalue weighted by Crippen LogP contribution is 2.38. The van der Waals surface area contributed by atoms with Gasteiger partial charge in [-0.3, -0.25) is 15.0 Å². The third kappa shape index (κ3) is 2.12. The van der Waals surface area contributed by atoms with Crippen molar-refractivity contribution in [2.75, 3.05) is 14.1 Å². The minimum Gasteiger partial charge on any atom is -0.310 e. The average Bonchev–Trinajstić information content (AvgIpc) is 2.41. The fraction of sp³-hybridized carbons (Fsp3) is 0.308. The number of likely N-dealkylation sites (N-methyl/N-ethyl adjacent to an activating group) is 1. The van der Waals surface area contributed by atoms with Gasteiger partial charge in [0.2, 0.25) is 0 Å². The molecule has 0 spiro atoms. The maximum Gasteiger partial charge on any atom is 0.324 e. The summed E-state index contributed by atoms with van der Waals surface area (Å²) in [7, 11) is 3.04. The predicted octanol–water partition coefficient (Wildman–Crippen LogP) is 2.89. The molecule has 1 aromatic carbocycles. The average molecular weight is 296 g/mol. The van der Waals surface area contributed by atoms with Gasteiger partial charge in [-0.15, -0.1) is 0 Å². The second-order valence-electron chi connectivity index (χ2n) is 4.60. The molecule has 0 radical (unpaired) electrons. The van der Waals surface area contributed by atoms with E-state index in [0.717, 1.165) is 0 Å². The van der Waals surface area contributed by atoms with Crippen LogP contribution in [0, 0.1) is 10.1 Å². The molecule has 0 saturated heterocycles. The van der Waals surface area contributed by atoms with Crippen LogP contribution >= 0.6 is 11.6 Å². The third-order valence-corrected chi connectivity index (χ3v) is 3.85. The first-order valence-corrected chi connectivity index (χ1v) is 6.34. The SMILES string of the molecule is CC1=C([N+](=O)[O-])C(c2ccccc2Cl)N(C)C(=O)N1C. The van der Waals surface area contributed by atoms with Gasteiger partial charge in [-0.1, -0.05) is 29.8 Å². The van der Waals surface area contributed by atoms with E-state index in [1.807, 2.05) is 0 Å². The van der Waals surface area contributed by atoms with Gasteiger partial charge >= 0.3 is 6.03 Å². The number of urea groups is 1. The van der Waals surface area contributed by atoms with Crippen molar-refractivity contribution in [2.24, 2.45) is 0 Å². The molecule has 1 atom stereocenters. The van der Waals surface area contributed by atoms with Crippen LogP contribution in [0.25, 0.3) is 0 Å². The zero-order chi connectivity index (χ0) is 15.0. The lowest BCUT2D eigenvalue weighted by Gasteiger charge is -2.36. The molecule has 1 aliphatic heterocycles. The molecule has 0 N–H and O–H groups in total. The minimum atomic E-state index is -0.789. The standard InChI is InChI=1S/C13H14ClN3O3/c1-8-11(17(19)20)12(16(3)13(18)15(8)2)9-6-4-5-7-10(9)14/h4-7,12H,1-3H3. The molecule has 6 nitrogen and oxygen atoms in total. The third-order valence-electron chi connectivity index (χ3n) is 3.51. The highest BCUT2D eigenvalue weighted by Gasteiger charge is 2.42. The van der Waals surface area contributed by atoms with E-state index in [1.165, 1.54) is 23.9 Å². The van der Waals surface area contributed by atoms with E-state index in [2.05, 4.69) is 0 Å². The Kier molecular flexibility index (Phi) is 3.67. The van der Waals surface area contributed by atoms with Crippen molar-refractivity contribution in [3.63, 3.8) is 0 Å². The van der Waals surface area contributed by atoms with Crippen LogP contribution < -0.4 is 0 Å². The van der Waals surface area contributed by atoms with Crippen molar-refractivity contribution in [3.8, 4) is 0 Å². The number of hydrogen-bond acceptors (Lipinski definition) is 3. The number of nitro groups is 1. The smallest absolute Gasteiger partial charge is 0.310 e. The van der Waals surface area contributed by atoms with Crippen molar-refractivity contribution >= 4 is 17.6 Å². The van der Waals surface area contributed by atoms with Gasteiger partial charge in [-0.05, 0) is 13.0 Å². The van der Waals surface area contributed by atoms with E-state index < -0.39 is 11.0 Å². The minimum absolute atomic E-state index is 0.0392. The number of carbonyl (C=O) groups is 1. The van der Waals surface area contributed by atoms with E-state index in [9.17, 15) is 14.9 Å². The Balaban J connectivity index is 2.68. The lowest BCUT2D eigenvalue weighted by molar-refractivity contribution is -0.436. The maximum absolute atomic E-state index is 12.2. The number of allylic oxidation sites excluding steroid dienone is 1. The molecule has 20 heavy (non-hydrogen) atoms. The summed E-state index contributed by atoms with van der Waals surface area (Å²) in [5.41, 5.74) is 0.829. The van der Waals surface area contributed by atoms with Crippen molar-refractivity contribution in [1.82, 2.24) is 9.80 Å². The normalized spacial score (nSPS) is 19.6. The van der Waals surface area contributed by atoms with Crippen LogP contribution in [0.15, 0.2) is 35.7 Å². The molecule has 2 rings (SSSR count). The molecule has 0 saturated carbocycles. The Bertz CT molecular complexity index is 615. The number of amides is 2. The quantitative estimate of drug-likeness (QED) is 0.622. The van der Waals surface area contributed by atoms with E-state index in [1.54, 1.807) is 31.2 Å². The largest absolute Gasteiger partial charge is 0.324 e. The summed E-state index contributed by atoms with van der Waals surface area (Å²) in [4.78, 5) is 25.7. The monoisotopic (exact) mass is 295 g/mol. The topological polar surface area (TPSA) is 66.7 Å². The highest BCUT2D eigenvalue weighted by molar-refractivity contribution is 6.31. The first-order valence-electron chi connectivity index (χ1n) is 5.96. The van der Waals surface area contributed by atoms with E-state index in [-0.39, 0.29) is 11.7 Å². The van der Waals surface area contributed by atoms with Crippen LogP contribution in [0.3, 0.4) is 0 Å². The van der Waals surface area contributed by atoms with Crippen LogP contribution in [0.1, 0.15) is 18.5 Å². The Hall–Kier alpha value is -2.08. The number of rotatable bonds is 2. The molecule has 0 fully saturated rings. The maximum atomic E-state index is 12.2. The summed E-state index contributed by atoms with van der Waals surface area (Å²) in [6, 6.07) is 5.73. The molecule has 1 aliphatic rings. The lowest BCUT2D eigenvalue weighted by Crippen LogP contribution is -2.47. The van der Waals surface area contributed by atoms with Gasteiger partial charge in [0, 0.05) is 24.7 Å². The zero-order valence-electron chi connectivity index (χ0n) is 11.3. The van der Waals surface area contributed by atoms with Crippen LogP contribution in [0.4, 0.5) is 4.79 Å². The van der Waals surface area contributed by atoms with Crippen LogP contribution in [0.5, 0.6) is 0 Å². The second kappa shape index (κ2) is 5.13. The van der Waals surface area contributed by atoms with Crippen LogP contribution in [-0.4, -0.2) is 34.8 Å². The number of benzene rings is 1. The number of hydrogen-bond donors (Lipinski definition) is 0. The Morgan fingerprint density at radius 1 is 1.30 bits per heavy atom. The first-order chi connectivity index (χ1) is 9.36. The zero-order valence-corrected chi connectivity index (χ0v) is 12.1. The van der Waals surface area contributed by atoms with E-state index in [0.29, 0.717) is 16.3 Å². The summed E-state index contributed by atoms with van der Waals surface area (Å²) in [5.74, 6) is 0. The van der Waals surface area contributed by atoms with E-state index >= 15 is 0 Å². The molecule has 0 bridgehead atoms. The highest BCUT2D eigenvalue weighted by atomic mass is 35.5. The van der Waals surface area contributed by atoms with E-state index in [4.69, 9.17) is 11.6 Å². The number of nitrogens with zero attached hydrogens (tertiary/aromatic N) is 3. The summed E-state index contributed by atoms with van der Waals surface area (Å²) in [6.07, 6.45) is 0. The predicted molar refractivity (Wildman–Crippen MR) is 74.8 cm³/mol. The number of carbonyl (C=O) groups excluding carboxylic acids is 1. The van der Waals surface area contributed by atoms with Gasteiger partial charge < -0.3 is 4.90 Å². The summed E-state index contributed by atoms with van der Waals surface area (Å²) in [5, 5.41) is 11.8. The van der Waals surface area contributed by atoms with Gasteiger partial charge in [-0.2, -0.15) is 0 Å². The van der Waals surface area contributed by atoms with Gasteiger partial charge in [0.1, 0.15) is 0 Å². The molecule has 0 aromatic heterocycles. The number of halogens is 1. The van der Waals surface area contributed by atoms with Crippen LogP contribution in [0.2, 0.25) is 5.02 Å². The molecule has 7 heteroatoms. The van der Waals surface area contributed by atoms with Gasteiger partial charge in [-0.25, -0.2) is 4.79 Å². The first kappa shape index (κ1) is 14.3. The molecular weight excluding hydrogens is 282 g/mol. The van der Waals surface area contributed by atoms with Crippen molar-refractivity contribution in [1.29, 1.82) is 0 Å². The molecule has 0 aliphatic carbocycles. The fourth-order valence-corrected chi connectivity index (χ4v) is 2.57. The summed E-state index contributed by atoms with van der Waals surface area (Å²) >= 11 is 6.13. The molecule has 1 heterocycles. The lowest BCUT2D eigenvalue weighted by atomic mass is 9.99. The molecular formula is C13H14ClN3O3. The van der Waals surface area contributed by atoms with Gasteiger partial charge in [0.05, 0.1) is 10.6 Å². The summed E-state index contributed by atoms with van der Waals surface area (Å²) < 4.78 is 0. The Labute approximate surface area is 121 Å².